The SMILES string of the molecule is CC(C)C[Si]1(CC(C)C)c2ccccc2[Si](CC(C)C)(CC(C)C)c2ccccc21. The summed E-state index contributed by atoms with van der Waals surface area (Å²) in [5.74, 6) is 2.95. The fourth-order valence-electron chi connectivity index (χ4n) is 6.76. The third-order valence-electron chi connectivity index (χ3n) is 6.94. The summed E-state index contributed by atoms with van der Waals surface area (Å²) in [5.41, 5.74) is 0. The molecule has 1 aliphatic rings. The van der Waals surface area contributed by atoms with Crippen LogP contribution in [0.2, 0.25) is 24.2 Å². The lowest BCUT2D eigenvalue weighted by atomic mass is 10.2. The summed E-state index contributed by atoms with van der Waals surface area (Å²) < 4.78 is 0. The van der Waals surface area contributed by atoms with E-state index in [2.05, 4.69) is 104 Å². The summed E-state index contributed by atoms with van der Waals surface area (Å²) in [4.78, 5) is 0. The Hall–Kier alpha value is -1.13. The molecule has 2 aromatic carbocycles. The van der Waals surface area contributed by atoms with Gasteiger partial charge in [0.1, 0.15) is 16.1 Å². The highest BCUT2D eigenvalue weighted by molar-refractivity contribution is 7.17. The summed E-state index contributed by atoms with van der Waals surface area (Å²) in [6, 6.07) is 25.2. The molecule has 2 aromatic rings. The van der Waals surface area contributed by atoms with E-state index in [0.717, 1.165) is 23.7 Å². The number of rotatable bonds is 8. The van der Waals surface area contributed by atoms with Gasteiger partial charge in [-0.2, -0.15) is 0 Å². The molecule has 0 aliphatic carbocycles. The van der Waals surface area contributed by atoms with Gasteiger partial charge in [0.05, 0.1) is 0 Å². The number of benzene rings is 2. The molecule has 0 fully saturated rings. The summed E-state index contributed by atoms with van der Waals surface area (Å²) in [6.07, 6.45) is 0. The number of fused-ring (bicyclic) bond motifs is 2. The van der Waals surface area contributed by atoms with Crippen LogP contribution in [0.4, 0.5) is 0 Å². The van der Waals surface area contributed by atoms with E-state index in [-0.39, 0.29) is 0 Å². The van der Waals surface area contributed by atoms with Crippen molar-refractivity contribution in [3.05, 3.63) is 48.5 Å². The minimum Gasteiger partial charge on any atom is -0.0630 e. The molecule has 164 valence electrons. The fourth-order valence-corrected chi connectivity index (χ4v) is 21.9. The number of hydrogen-bond acceptors (Lipinski definition) is 0. The van der Waals surface area contributed by atoms with Gasteiger partial charge in [-0.15, -0.1) is 0 Å². The van der Waals surface area contributed by atoms with Crippen LogP contribution in [0.3, 0.4) is 0 Å². The Balaban J connectivity index is 2.41. The molecule has 0 unspecified atom stereocenters. The second-order valence-corrected chi connectivity index (χ2v) is 19.8. The van der Waals surface area contributed by atoms with Gasteiger partial charge < -0.3 is 0 Å². The van der Waals surface area contributed by atoms with Crippen LogP contribution in [-0.4, -0.2) is 16.1 Å². The first-order chi connectivity index (χ1) is 14.1. The molecule has 3 rings (SSSR count). The molecule has 1 aliphatic heterocycles. The second-order valence-electron chi connectivity index (χ2n) is 11.6. The van der Waals surface area contributed by atoms with Crippen LogP contribution in [0.5, 0.6) is 0 Å². The normalized spacial score (nSPS) is 16.9. The Labute approximate surface area is 188 Å². The van der Waals surface area contributed by atoms with Crippen molar-refractivity contribution >= 4 is 36.9 Å². The Morgan fingerprint density at radius 2 is 0.633 bits per heavy atom. The molecule has 30 heavy (non-hydrogen) atoms. The Morgan fingerprint density at radius 1 is 0.433 bits per heavy atom. The standard InChI is InChI=1S/C28H44Si2/c1-21(2)17-29(18-22(3)4)25-13-9-11-15-27(25)30(19-23(5)6,20-24(7)8)28-16-12-10-14-26(28)29/h9-16,21-24H,17-20H2,1-8H3. The summed E-state index contributed by atoms with van der Waals surface area (Å²) in [6.45, 7) is 19.6. The molecule has 0 saturated carbocycles. The molecule has 0 radical (unpaired) electrons. The van der Waals surface area contributed by atoms with Gasteiger partial charge in [0.25, 0.3) is 0 Å². The lowest BCUT2D eigenvalue weighted by Crippen LogP contribution is -2.82. The molecule has 0 atom stereocenters. The number of hydrogen-bond donors (Lipinski definition) is 0. The average Bonchev–Trinajstić information content (AvgIpc) is 2.64. The van der Waals surface area contributed by atoms with Crippen LogP contribution in [0.15, 0.2) is 48.5 Å². The first-order valence-electron chi connectivity index (χ1n) is 12.3. The average molecular weight is 437 g/mol. The van der Waals surface area contributed by atoms with Gasteiger partial charge in [0, 0.05) is 0 Å². The highest BCUT2D eigenvalue weighted by atomic mass is 28.3. The van der Waals surface area contributed by atoms with Crippen LogP contribution in [-0.2, 0) is 0 Å². The molecular weight excluding hydrogens is 392 g/mol. The monoisotopic (exact) mass is 436 g/mol. The van der Waals surface area contributed by atoms with E-state index in [1.54, 1.807) is 0 Å². The Bertz CT molecular complexity index is 706. The van der Waals surface area contributed by atoms with E-state index in [1.165, 1.54) is 24.2 Å². The van der Waals surface area contributed by atoms with Crippen molar-refractivity contribution in [2.24, 2.45) is 23.7 Å². The van der Waals surface area contributed by atoms with Crippen molar-refractivity contribution < 1.29 is 0 Å². The van der Waals surface area contributed by atoms with Gasteiger partial charge in [-0.25, -0.2) is 0 Å². The minimum atomic E-state index is -1.81. The zero-order chi connectivity index (χ0) is 22.1. The van der Waals surface area contributed by atoms with Gasteiger partial charge in [0.15, 0.2) is 0 Å². The Morgan fingerprint density at radius 3 is 0.800 bits per heavy atom. The minimum absolute atomic E-state index is 0.737. The zero-order valence-electron chi connectivity index (χ0n) is 20.8. The first-order valence-corrected chi connectivity index (χ1v) is 17.1. The lowest BCUT2D eigenvalue weighted by molar-refractivity contribution is 0.683. The van der Waals surface area contributed by atoms with Crippen molar-refractivity contribution in [2.45, 2.75) is 79.6 Å². The second kappa shape index (κ2) is 9.16. The van der Waals surface area contributed by atoms with Gasteiger partial charge in [-0.1, -0.05) is 125 Å². The van der Waals surface area contributed by atoms with E-state index in [9.17, 15) is 0 Å². The van der Waals surface area contributed by atoms with E-state index in [4.69, 9.17) is 0 Å². The lowest BCUT2D eigenvalue weighted by Gasteiger charge is -2.50. The summed E-state index contributed by atoms with van der Waals surface area (Å²) in [5, 5.41) is 7.27. The molecule has 0 aromatic heterocycles. The van der Waals surface area contributed by atoms with Gasteiger partial charge in [-0.05, 0) is 47.8 Å². The van der Waals surface area contributed by atoms with Crippen molar-refractivity contribution in [3.63, 3.8) is 0 Å². The van der Waals surface area contributed by atoms with Crippen molar-refractivity contribution in [1.82, 2.24) is 0 Å². The van der Waals surface area contributed by atoms with Crippen LogP contribution in [0.25, 0.3) is 0 Å². The highest BCUT2D eigenvalue weighted by Crippen LogP contribution is 2.33. The van der Waals surface area contributed by atoms with Crippen molar-refractivity contribution in [3.8, 4) is 0 Å². The third kappa shape index (κ3) is 4.27. The predicted molar refractivity (Wildman–Crippen MR) is 142 cm³/mol. The molecule has 0 amide bonds. The third-order valence-corrected chi connectivity index (χ3v) is 19.4. The highest BCUT2D eigenvalue weighted by Gasteiger charge is 2.52. The Kier molecular flexibility index (Phi) is 7.19. The van der Waals surface area contributed by atoms with Gasteiger partial charge in [-0.3, -0.25) is 0 Å². The van der Waals surface area contributed by atoms with Crippen LogP contribution < -0.4 is 20.7 Å². The van der Waals surface area contributed by atoms with Crippen LogP contribution in [0.1, 0.15) is 55.4 Å². The van der Waals surface area contributed by atoms with Crippen LogP contribution >= 0.6 is 0 Å². The summed E-state index contributed by atoms with van der Waals surface area (Å²) in [7, 11) is -3.61. The summed E-state index contributed by atoms with van der Waals surface area (Å²) >= 11 is 0. The largest absolute Gasteiger partial charge is 0.118 e. The topological polar surface area (TPSA) is 0 Å². The first kappa shape index (κ1) is 23.5. The molecule has 0 N–H and O–H groups in total. The molecular formula is C28H44Si2. The van der Waals surface area contributed by atoms with Crippen molar-refractivity contribution in [1.29, 1.82) is 0 Å². The van der Waals surface area contributed by atoms with E-state index >= 15 is 0 Å². The molecule has 1 heterocycles. The molecule has 0 saturated heterocycles. The molecule has 0 nitrogen and oxygen atoms in total. The molecule has 0 spiro atoms. The zero-order valence-corrected chi connectivity index (χ0v) is 22.8. The molecule has 0 bridgehead atoms. The van der Waals surface area contributed by atoms with Crippen LogP contribution in [0, 0.1) is 23.7 Å². The van der Waals surface area contributed by atoms with Crippen molar-refractivity contribution in [2.75, 3.05) is 0 Å². The van der Waals surface area contributed by atoms with E-state index in [0.29, 0.717) is 0 Å². The maximum Gasteiger partial charge on any atom is 0.118 e. The maximum atomic E-state index is 2.57. The maximum absolute atomic E-state index is 2.57. The van der Waals surface area contributed by atoms with Gasteiger partial charge in [0.2, 0.25) is 0 Å². The van der Waals surface area contributed by atoms with E-state index < -0.39 is 16.1 Å². The predicted octanol–water partition coefficient (Wildman–Crippen LogP) is 5.75. The molecule has 2 heteroatoms. The smallest absolute Gasteiger partial charge is 0.0630 e. The van der Waals surface area contributed by atoms with E-state index in [1.807, 2.05) is 20.7 Å². The van der Waals surface area contributed by atoms with Gasteiger partial charge >= 0.3 is 0 Å². The fraction of sp³-hybridized carbons (Fsp3) is 0.571. The quantitative estimate of drug-likeness (QED) is 0.462.